The van der Waals surface area contributed by atoms with Gasteiger partial charge < -0.3 is 15.2 Å². The molecule has 2 unspecified atom stereocenters. The molecule has 0 heterocycles. The van der Waals surface area contributed by atoms with E-state index in [1.165, 1.54) is 21.9 Å². The molecule has 0 saturated heterocycles. The first-order valence-corrected chi connectivity index (χ1v) is 10.4. The van der Waals surface area contributed by atoms with Gasteiger partial charge in [0, 0.05) is 12.1 Å². The Morgan fingerprint density at radius 1 is 0.966 bits per heavy atom. The van der Waals surface area contributed by atoms with Gasteiger partial charge in [0.25, 0.3) is 0 Å². The second kappa shape index (κ2) is 9.53. The number of fused-ring (bicyclic) bond motifs is 1. The minimum Gasteiger partial charge on any atom is -0.389 e. The van der Waals surface area contributed by atoms with Crippen LogP contribution in [-0.4, -0.2) is 29.9 Å². The van der Waals surface area contributed by atoms with Crippen LogP contribution in [0.15, 0.2) is 66.7 Å². The van der Waals surface area contributed by atoms with Gasteiger partial charge in [0.05, 0.1) is 18.8 Å². The first-order chi connectivity index (χ1) is 13.8. The summed E-state index contributed by atoms with van der Waals surface area (Å²) in [5, 5.41) is 16.4. The number of rotatable bonds is 9. The zero-order valence-corrected chi connectivity index (χ0v) is 18.0. The molecule has 0 aliphatic rings. The molecule has 154 valence electrons. The van der Waals surface area contributed by atoms with Crippen molar-refractivity contribution in [1.82, 2.24) is 5.32 Å². The van der Waals surface area contributed by atoms with Crippen molar-refractivity contribution in [3.05, 3.63) is 83.4 Å². The molecule has 3 nitrogen and oxygen atoms in total. The topological polar surface area (TPSA) is 41.5 Å². The lowest BCUT2D eigenvalue weighted by atomic mass is 9.93. The van der Waals surface area contributed by atoms with Crippen molar-refractivity contribution in [1.29, 1.82) is 0 Å². The molecular weight excluding hydrogens is 358 g/mol. The molecule has 0 aliphatic carbocycles. The lowest BCUT2D eigenvalue weighted by molar-refractivity contribution is -0.00419. The van der Waals surface area contributed by atoms with Crippen molar-refractivity contribution in [3.63, 3.8) is 0 Å². The largest absolute Gasteiger partial charge is 0.389 e. The summed E-state index contributed by atoms with van der Waals surface area (Å²) in [7, 11) is 0. The summed E-state index contributed by atoms with van der Waals surface area (Å²) in [6, 6.07) is 23.3. The van der Waals surface area contributed by atoms with Gasteiger partial charge in [-0.2, -0.15) is 0 Å². The van der Waals surface area contributed by atoms with Crippen LogP contribution in [-0.2, 0) is 11.2 Å². The summed E-state index contributed by atoms with van der Waals surface area (Å²) in [6.45, 7) is 9.26. The summed E-state index contributed by atoms with van der Waals surface area (Å²) < 4.78 is 5.89. The maximum absolute atomic E-state index is 10.4. The summed E-state index contributed by atoms with van der Waals surface area (Å²) in [6.07, 6.45) is 0.318. The van der Waals surface area contributed by atoms with Gasteiger partial charge in [-0.15, -0.1) is 0 Å². The molecule has 29 heavy (non-hydrogen) atoms. The highest BCUT2D eigenvalue weighted by Crippen LogP contribution is 2.20. The third-order valence-corrected chi connectivity index (χ3v) is 5.33. The van der Waals surface area contributed by atoms with Crippen LogP contribution in [0.2, 0.25) is 0 Å². The number of hydrogen-bond acceptors (Lipinski definition) is 3. The van der Waals surface area contributed by atoms with E-state index in [9.17, 15) is 5.11 Å². The zero-order chi connectivity index (χ0) is 20.9. The zero-order valence-electron chi connectivity index (χ0n) is 18.0. The number of aryl methyl sites for hydroxylation is 1. The standard InChI is InChI=1S/C26H33NO2/c1-19-8-7-11-23(14-19)20(2)29-18-25(28)17-27-26(3,4)16-21-12-13-22-9-5-6-10-24(22)15-21/h5-15,20,25,27-28H,16-18H2,1-4H3. The lowest BCUT2D eigenvalue weighted by Gasteiger charge is -2.28. The van der Waals surface area contributed by atoms with E-state index >= 15 is 0 Å². The second-order valence-electron chi connectivity index (χ2n) is 8.67. The Balaban J connectivity index is 1.48. The van der Waals surface area contributed by atoms with Gasteiger partial charge in [0.15, 0.2) is 0 Å². The molecule has 0 amide bonds. The number of ether oxygens (including phenoxy) is 1. The van der Waals surface area contributed by atoms with Gasteiger partial charge in [0.1, 0.15) is 0 Å². The molecule has 0 radical (unpaired) electrons. The third kappa shape index (κ3) is 6.40. The van der Waals surface area contributed by atoms with Crippen LogP contribution in [0.4, 0.5) is 0 Å². The molecule has 0 saturated carbocycles. The fourth-order valence-electron chi connectivity index (χ4n) is 3.65. The Morgan fingerprint density at radius 2 is 1.72 bits per heavy atom. The van der Waals surface area contributed by atoms with Crippen LogP contribution in [0.3, 0.4) is 0 Å². The number of nitrogens with one attached hydrogen (secondary N) is 1. The smallest absolute Gasteiger partial charge is 0.0898 e. The summed E-state index contributed by atoms with van der Waals surface area (Å²) in [5.74, 6) is 0. The van der Waals surface area contributed by atoms with Gasteiger partial charge in [-0.3, -0.25) is 0 Å². The summed E-state index contributed by atoms with van der Waals surface area (Å²) in [4.78, 5) is 0. The maximum Gasteiger partial charge on any atom is 0.0898 e. The molecule has 2 N–H and O–H groups in total. The quantitative estimate of drug-likeness (QED) is 0.527. The van der Waals surface area contributed by atoms with Gasteiger partial charge in [-0.25, -0.2) is 0 Å². The molecule has 3 aromatic carbocycles. The van der Waals surface area contributed by atoms with Crippen molar-refractivity contribution in [2.45, 2.75) is 51.9 Å². The van der Waals surface area contributed by atoms with Crippen LogP contribution in [0.25, 0.3) is 10.8 Å². The Labute approximate surface area is 174 Å². The number of aliphatic hydroxyl groups is 1. The fourth-order valence-corrected chi connectivity index (χ4v) is 3.65. The van der Waals surface area contributed by atoms with E-state index in [-0.39, 0.29) is 11.6 Å². The number of benzene rings is 3. The van der Waals surface area contributed by atoms with Crippen LogP contribution >= 0.6 is 0 Å². The highest BCUT2D eigenvalue weighted by Gasteiger charge is 2.20. The number of β-amino-alcohol motifs (C(OH)–C–C–N with tert-alkyl or cyclic N) is 1. The van der Waals surface area contributed by atoms with E-state index in [2.05, 4.69) is 86.8 Å². The molecule has 0 spiro atoms. The van der Waals surface area contributed by atoms with E-state index in [1.807, 2.05) is 13.0 Å². The monoisotopic (exact) mass is 391 g/mol. The molecule has 0 aromatic heterocycles. The van der Waals surface area contributed by atoms with Gasteiger partial charge in [-0.05, 0) is 56.0 Å². The van der Waals surface area contributed by atoms with Crippen molar-refractivity contribution in [2.24, 2.45) is 0 Å². The predicted molar refractivity (Wildman–Crippen MR) is 121 cm³/mol. The first kappa shape index (κ1) is 21.5. The molecule has 3 heteroatoms. The SMILES string of the molecule is Cc1cccc(C(C)OCC(O)CNC(C)(C)Cc2ccc3ccccc3c2)c1. The van der Waals surface area contributed by atoms with Crippen LogP contribution < -0.4 is 5.32 Å². The second-order valence-corrected chi connectivity index (χ2v) is 8.67. The predicted octanol–water partition coefficient (Wildman–Crippen LogP) is 5.20. The Bertz CT molecular complexity index is 935. The van der Waals surface area contributed by atoms with E-state index in [4.69, 9.17) is 4.74 Å². The van der Waals surface area contributed by atoms with Crippen molar-refractivity contribution >= 4 is 10.8 Å². The van der Waals surface area contributed by atoms with Crippen molar-refractivity contribution in [2.75, 3.05) is 13.2 Å². The van der Waals surface area contributed by atoms with Gasteiger partial charge >= 0.3 is 0 Å². The molecule has 0 aliphatic heterocycles. The van der Waals surface area contributed by atoms with Crippen LogP contribution in [0.1, 0.15) is 43.6 Å². The van der Waals surface area contributed by atoms with Crippen molar-refractivity contribution < 1.29 is 9.84 Å². The number of aliphatic hydroxyl groups excluding tert-OH is 1. The Kier molecular flexibility index (Phi) is 7.07. The Morgan fingerprint density at radius 3 is 2.48 bits per heavy atom. The average molecular weight is 392 g/mol. The fraction of sp³-hybridized carbons (Fsp3) is 0.385. The molecule has 3 rings (SSSR count). The van der Waals surface area contributed by atoms with Crippen LogP contribution in [0, 0.1) is 6.92 Å². The molecule has 2 atom stereocenters. The average Bonchev–Trinajstić information content (AvgIpc) is 2.70. The lowest BCUT2D eigenvalue weighted by Crippen LogP contribution is -2.46. The van der Waals surface area contributed by atoms with Gasteiger partial charge in [-0.1, -0.05) is 72.3 Å². The Hall–Kier alpha value is -2.20. The first-order valence-electron chi connectivity index (χ1n) is 10.4. The van der Waals surface area contributed by atoms with E-state index in [0.29, 0.717) is 13.2 Å². The van der Waals surface area contributed by atoms with Crippen LogP contribution in [0.5, 0.6) is 0 Å². The molecule has 0 bridgehead atoms. The molecule has 0 fully saturated rings. The van der Waals surface area contributed by atoms with E-state index in [1.54, 1.807) is 0 Å². The minimum absolute atomic E-state index is 0.0323. The third-order valence-electron chi connectivity index (χ3n) is 5.33. The maximum atomic E-state index is 10.4. The summed E-state index contributed by atoms with van der Waals surface area (Å²) in [5.41, 5.74) is 3.53. The van der Waals surface area contributed by atoms with E-state index < -0.39 is 6.10 Å². The van der Waals surface area contributed by atoms with Crippen molar-refractivity contribution in [3.8, 4) is 0 Å². The van der Waals surface area contributed by atoms with E-state index in [0.717, 1.165) is 12.0 Å². The molecule has 3 aromatic rings. The molecular formula is C26H33NO2. The highest BCUT2D eigenvalue weighted by molar-refractivity contribution is 5.83. The minimum atomic E-state index is -0.543. The highest BCUT2D eigenvalue weighted by atomic mass is 16.5. The number of hydrogen-bond donors (Lipinski definition) is 2. The van der Waals surface area contributed by atoms with Gasteiger partial charge in [0.2, 0.25) is 0 Å². The summed E-state index contributed by atoms with van der Waals surface area (Å²) >= 11 is 0. The normalized spacial score (nSPS) is 14.1.